The molecule has 1 heterocycles. The highest BCUT2D eigenvalue weighted by Gasteiger charge is 2.17. The predicted molar refractivity (Wildman–Crippen MR) is 107 cm³/mol. The van der Waals surface area contributed by atoms with E-state index in [1.807, 2.05) is 0 Å². The van der Waals surface area contributed by atoms with Gasteiger partial charge in [-0.25, -0.2) is 4.39 Å². The first-order chi connectivity index (χ1) is 15.0. The fourth-order valence-electron chi connectivity index (χ4n) is 2.68. The van der Waals surface area contributed by atoms with Crippen molar-refractivity contribution in [3.63, 3.8) is 0 Å². The number of amides is 1. The van der Waals surface area contributed by atoms with Gasteiger partial charge >= 0.3 is 6.01 Å². The van der Waals surface area contributed by atoms with Crippen molar-refractivity contribution in [3.05, 3.63) is 94.3 Å². The number of hydrogen-bond acceptors (Lipinski definition) is 7. The third kappa shape index (κ3) is 4.53. The summed E-state index contributed by atoms with van der Waals surface area (Å²) in [7, 11) is 0. The van der Waals surface area contributed by atoms with Crippen molar-refractivity contribution in [2.24, 2.45) is 0 Å². The SMILES string of the molecule is O=C(Nc1nnc(-c2ccc([N+](=O)[O-])cc2)o1)c1ccccc1Oc1cccc(F)c1. The molecule has 1 aromatic heterocycles. The standard InChI is InChI=1S/C21H13FN4O5/c22-14-4-3-5-16(12-14)30-18-7-2-1-6-17(18)19(27)23-21-25-24-20(31-21)13-8-10-15(11-9-13)26(28)29/h1-12H,(H,23,25,27). The summed E-state index contributed by atoms with van der Waals surface area (Å²) < 4.78 is 24.5. The van der Waals surface area contributed by atoms with Crippen molar-refractivity contribution in [2.45, 2.75) is 0 Å². The average Bonchev–Trinajstić information content (AvgIpc) is 3.22. The molecule has 3 aromatic carbocycles. The first-order valence-electron chi connectivity index (χ1n) is 8.92. The maximum atomic E-state index is 13.4. The van der Waals surface area contributed by atoms with Crippen LogP contribution in [0.1, 0.15) is 10.4 Å². The van der Waals surface area contributed by atoms with Crippen LogP contribution >= 0.6 is 0 Å². The zero-order valence-corrected chi connectivity index (χ0v) is 15.7. The summed E-state index contributed by atoms with van der Waals surface area (Å²) in [4.78, 5) is 22.9. The summed E-state index contributed by atoms with van der Waals surface area (Å²) in [5.41, 5.74) is 0.543. The molecule has 10 heteroatoms. The number of nitrogens with one attached hydrogen (secondary N) is 1. The number of benzene rings is 3. The third-order valence-electron chi connectivity index (χ3n) is 4.13. The summed E-state index contributed by atoms with van der Waals surface area (Å²) in [6.07, 6.45) is 0. The van der Waals surface area contributed by atoms with E-state index < -0.39 is 16.6 Å². The minimum Gasteiger partial charge on any atom is -0.456 e. The molecule has 4 aromatic rings. The number of para-hydroxylation sites is 1. The van der Waals surface area contributed by atoms with Gasteiger partial charge < -0.3 is 9.15 Å². The van der Waals surface area contributed by atoms with Crippen LogP contribution in [0.2, 0.25) is 0 Å². The van der Waals surface area contributed by atoms with E-state index in [0.29, 0.717) is 5.56 Å². The zero-order valence-electron chi connectivity index (χ0n) is 15.7. The number of carbonyl (C=O) groups is 1. The average molecular weight is 420 g/mol. The molecule has 0 radical (unpaired) electrons. The van der Waals surface area contributed by atoms with Gasteiger partial charge in [0.05, 0.1) is 10.5 Å². The lowest BCUT2D eigenvalue weighted by molar-refractivity contribution is -0.384. The van der Waals surface area contributed by atoms with E-state index in [2.05, 4.69) is 15.5 Å². The van der Waals surface area contributed by atoms with Gasteiger partial charge in [0, 0.05) is 23.8 Å². The summed E-state index contributed by atoms with van der Waals surface area (Å²) in [5, 5.41) is 20.8. The Kier molecular flexibility index (Phi) is 5.35. The number of non-ortho nitro benzene ring substituents is 1. The molecular formula is C21H13FN4O5. The van der Waals surface area contributed by atoms with Gasteiger partial charge in [0.1, 0.15) is 17.3 Å². The van der Waals surface area contributed by atoms with E-state index in [-0.39, 0.29) is 34.7 Å². The van der Waals surface area contributed by atoms with Gasteiger partial charge in [-0.15, -0.1) is 5.10 Å². The first-order valence-corrected chi connectivity index (χ1v) is 8.92. The molecule has 0 aliphatic rings. The second-order valence-corrected chi connectivity index (χ2v) is 6.23. The Morgan fingerprint density at radius 3 is 2.55 bits per heavy atom. The van der Waals surface area contributed by atoms with E-state index in [4.69, 9.17) is 9.15 Å². The van der Waals surface area contributed by atoms with Crippen LogP contribution in [-0.4, -0.2) is 21.0 Å². The fourth-order valence-corrected chi connectivity index (χ4v) is 2.68. The van der Waals surface area contributed by atoms with Crippen LogP contribution in [0.25, 0.3) is 11.5 Å². The lowest BCUT2D eigenvalue weighted by atomic mass is 10.2. The number of nitro benzene ring substituents is 1. The topological polar surface area (TPSA) is 120 Å². The molecule has 9 nitrogen and oxygen atoms in total. The van der Waals surface area contributed by atoms with Gasteiger partial charge in [0.25, 0.3) is 11.6 Å². The van der Waals surface area contributed by atoms with Crippen LogP contribution in [0.15, 0.2) is 77.2 Å². The smallest absolute Gasteiger partial charge is 0.322 e. The van der Waals surface area contributed by atoms with Crippen LogP contribution in [0.3, 0.4) is 0 Å². The van der Waals surface area contributed by atoms with Gasteiger partial charge in [-0.2, -0.15) is 0 Å². The van der Waals surface area contributed by atoms with Crippen molar-refractivity contribution in [3.8, 4) is 23.0 Å². The summed E-state index contributed by atoms with van der Waals surface area (Å²) >= 11 is 0. The summed E-state index contributed by atoms with van der Waals surface area (Å²) in [6, 6.07) is 17.3. The maximum Gasteiger partial charge on any atom is 0.322 e. The van der Waals surface area contributed by atoms with E-state index in [0.717, 1.165) is 0 Å². The molecule has 31 heavy (non-hydrogen) atoms. The first kappa shape index (κ1) is 19.7. The van der Waals surface area contributed by atoms with Crippen LogP contribution in [0.4, 0.5) is 16.1 Å². The van der Waals surface area contributed by atoms with Crippen LogP contribution < -0.4 is 10.1 Å². The molecule has 0 aliphatic carbocycles. The Labute approximate surface area is 174 Å². The van der Waals surface area contributed by atoms with Crippen molar-refractivity contribution >= 4 is 17.6 Å². The Morgan fingerprint density at radius 1 is 1.03 bits per heavy atom. The molecule has 0 bridgehead atoms. The molecule has 154 valence electrons. The molecular weight excluding hydrogens is 407 g/mol. The summed E-state index contributed by atoms with van der Waals surface area (Å²) in [5.74, 6) is -0.524. The Bertz CT molecular complexity index is 1260. The minimum absolute atomic E-state index is 0.0771. The molecule has 4 rings (SSSR count). The maximum absolute atomic E-state index is 13.4. The molecule has 0 atom stereocenters. The van der Waals surface area contributed by atoms with E-state index in [1.165, 1.54) is 48.5 Å². The molecule has 0 aliphatic heterocycles. The number of nitrogens with zero attached hydrogens (tertiary/aromatic N) is 3. The van der Waals surface area contributed by atoms with Gasteiger partial charge in [0.15, 0.2) is 0 Å². The quantitative estimate of drug-likeness (QED) is 0.350. The Hall–Kier alpha value is -4.60. The van der Waals surface area contributed by atoms with E-state index in [1.54, 1.807) is 24.3 Å². The molecule has 0 spiro atoms. The monoisotopic (exact) mass is 420 g/mol. The lowest BCUT2D eigenvalue weighted by Crippen LogP contribution is -2.13. The largest absolute Gasteiger partial charge is 0.456 e. The highest BCUT2D eigenvalue weighted by atomic mass is 19.1. The zero-order chi connectivity index (χ0) is 21.8. The van der Waals surface area contributed by atoms with Crippen molar-refractivity contribution in [1.82, 2.24) is 10.2 Å². The fraction of sp³-hybridized carbons (Fsp3) is 0. The van der Waals surface area contributed by atoms with E-state index >= 15 is 0 Å². The highest BCUT2D eigenvalue weighted by Crippen LogP contribution is 2.27. The molecule has 0 saturated carbocycles. The number of nitro groups is 1. The van der Waals surface area contributed by atoms with Gasteiger partial charge in [-0.05, 0) is 36.4 Å². The normalized spacial score (nSPS) is 10.5. The second-order valence-electron chi connectivity index (χ2n) is 6.23. The Morgan fingerprint density at radius 2 is 1.81 bits per heavy atom. The predicted octanol–water partition coefficient (Wildman–Crippen LogP) is 4.83. The number of carbonyl (C=O) groups excluding carboxylic acids is 1. The van der Waals surface area contributed by atoms with Crippen LogP contribution in [0, 0.1) is 15.9 Å². The number of rotatable bonds is 6. The lowest BCUT2D eigenvalue weighted by Gasteiger charge is -2.10. The number of hydrogen-bond donors (Lipinski definition) is 1. The third-order valence-corrected chi connectivity index (χ3v) is 4.13. The van der Waals surface area contributed by atoms with Crippen LogP contribution in [0.5, 0.6) is 11.5 Å². The molecule has 1 amide bonds. The number of ether oxygens (including phenoxy) is 1. The van der Waals surface area contributed by atoms with Gasteiger partial charge in [0.2, 0.25) is 5.89 Å². The number of halogens is 1. The number of anilines is 1. The van der Waals surface area contributed by atoms with Crippen molar-refractivity contribution in [2.75, 3.05) is 5.32 Å². The highest BCUT2D eigenvalue weighted by molar-refractivity contribution is 6.05. The van der Waals surface area contributed by atoms with Gasteiger partial charge in [-0.1, -0.05) is 23.3 Å². The minimum atomic E-state index is -0.578. The van der Waals surface area contributed by atoms with Crippen molar-refractivity contribution < 1.29 is 23.3 Å². The van der Waals surface area contributed by atoms with Gasteiger partial charge in [-0.3, -0.25) is 20.2 Å². The number of aromatic nitrogens is 2. The summed E-state index contributed by atoms with van der Waals surface area (Å²) in [6.45, 7) is 0. The molecule has 1 N–H and O–H groups in total. The van der Waals surface area contributed by atoms with Crippen molar-refractivity contribution in [1.29, 1.82) is 0 Å². The van der Waals surface area contributed by atoms with Crippen LogP contribution in [-0.2, 0) is 0 Å². The molecule has 0 saturated heterocycles. The van der Waals surface area contributed by atoms with E-state index in [9.17, 15) is 19.3 Å². The molecule has 0 fully saturated rings. The Balaban J connectivity index is 1.51. The molecule has 0 unspecified atom stereocenters. The second kappa shape index (κ2) is 8.41.